The molecule has 328 valence electrons. The van der Waals surface area contributed by atoms with E-state index < -0.39 is 135 Å². The van der Waals surface area contributed by atoms with Gasteiger partial charge in [0.15, 0.2) is 0 Å². The van der Waals surface area contributed by atoms with Gasteiger partial charge in [0.1, 0.15) is 0 Å². The molecule has 57 heavy (non-hydrogen) atoms. The Morgan fingerprint density at radius 2 is 0.246 bits per heavy atom. The summed E-state index contributed by atoms with van der Waals surface area (Å²) in [5.74, 6) is -2.37. The number of hydrogen-bond donors (Lipinski definition) is 8. The van der Waals surface area contributed by atoms with E-state index in [2.05, 4.69) is 42.5 Å². The summed E-state index contributed by atoms with van der Waals surface area (Å²) in [5.41, 5.74) is 0. The second kappa shape index (κ2) is 18.4. The van der Waals surface area contributed by atoms with Gasteiger partial charge in [0.2, 0.25) is 0 Å². The van der Waals surface area contributed by atoms with Gasteiger partial charge in [0.25, 0.3) is 0 Å². The maximum absolute atomic E-state index is 7.25. The summed E-state index contributed by atoms with van der Waals surface area (Å²) in [6.07, 6.45) is -3.49. The number of nitrogens with one attached hydrogen (secondary N) is 8. The topological polar surface area (TPSA) is 96.2 Å². The molecule has 0 spiro atoms. The van der Waals surface area contributed by atoms with Crippen LogP contribution in [0.3, 0.4) is 0 Å². The van der Waals surface area contributed by atoms with Gasteiger partial charge < -0.3 is 0 Å². The van der Waals surface area contributed by atoms with E-state index in [1.807, 2.05) is 0 Å². The number of rotatable bonds is 0. The molecule has 0 aromatic heterocycles. The molecule has 9 fully saturated rings. The Morgan fingerprint density at radius 1 is 0.158 bits per heavy atom. The molecule has 9 rings (SSSR count). The molecule has 9 aliphatic rings. The molecule has 5 aliphatic heterocycles. The summed E-state index contributed by atoms with van der Waals surface area (Å²) < 4.78 is 0. The SMILES string of the molecule is ClC1C(Cl)C(Cl)C2C3NC(NC4NC(NC5NC(NC6NC(N3)C3C(Cl)C(Cl)C(Cl)C(Cl)C63)C3C(Cl)C(Cl)C(Cl)C(Cl)C53)C3C(Cl)C(Cl)C(Cl)C(Cl)C43)C2C1Cl.[Fe]. The molecule has 24 atom stereocenters. The number of hydrogen-bond acceptors (Lipinski definition) is 8. The third-order valence-corrected chi connectivity index (χ3v) is 24.7. The van der Waals surface area contributed by atoms with Gasteiger partial charge in [-0.15, -0.1) is 186 Å². The van der Waals surface area contributed by atoms with Crippen LogP contribution in [0, 0.1) is 47.3 Å². The standard InChI is InChI=1S/C32H40Cl16N8.Fe/c33-9-1-2(10(34)18(42)17(9)41)26-49-25(1)53-27-3-4(12(36)20(44)19(43)11(3)35)29(50-27)55-31-7-8(16(40)24(48)23(47)15(7)39)32(52-31)56-30-6-5(28(51-30)54-26)13(37)21(45)22(46)14(6)38;/h1-32,49-56H;. The van der Waals surface area contributed by atoms with E-state index in [9.17, 15) is 0 Å². The van der Waals surface area contributed by atoms with Crippen LogP contribution in [-0.2, 0) is 17.1 Å². The molecule has 0 aromatic rings. The molecule has 4 saturated carbocycles. The monoisotopic (exact) mass is 1150 g/mol. The van der Waals surface area contributed by atoms with Crippen molar-refractivity contribution in [2.24, 2.45) is 47.3 Å². The zero-order valence-corrected chi connectivity index (χ0v) is 42.1. The summed E-state index contributed by atoms with van der Waals surface area (Å²) >= 11 is 113. The maximum Gasteiger partial charge on any atom is 0.0681 e. The van der Waals surface area contributed by atoms with Crippen LogP contribution < -0.4 is 42.5 Å². The van der Waals surface area contributed by atoms with Crippen molar-refractivity contribution in [3.63, 3.8) is 0 Å². The third kappa shape index (κ3) is 7.75. The summed E-state index contributed by atoms with van der Waals surface area (Å²) in [6.45, 7) is 0. The van der Waals surface area contributed by atoms with Crippen molar-refractivity contribution < 1.29 is 17.1 Å². The fraction of sp³-hybridized carbons (Fsp3) is 1.00. The molecule has 0 radical (unpaired) electrons. The summed E-state index contributed by atoms with van der Waals surface area (Å²) in [6, 6.07) is 0. The van der Waals surface area contributed by atoms with Gasteiger partial charge in [-0.2, -0.15) is 0 Å². The molecule has 24 unspecified atom stereocenters. The average molecular weight is 1160 g/mol. The van der Waals surface area contributed by atoms with Crippen molar-refractivity contribution in [1.29, 1.82) is 0 Å². The first-order valence-corrected chi connectivity index (χ1v) is 25.8. The Labute approximate surface area is 423 Å². The molecule has 25 heteroatoms. The number of fused-ring (bicyclic) bond motifs is 20. The van der Waals surface area contributed by atoms with Gasteiger partial charge in [-0.05, 0) is 0 Å². The van der Waals surface area contributed by atoms with Crippen LogP contribution in [-0.4, -0.2) is 135 Å². The van der Waals surface area contributed by atoms with E-state index in [4.69, 9.17) is 186 Å². The quantitative estimate of drug-likeness (QED) is 0.110. The van der Waals surface area contributed by atoms with Crippen LogP contribution in [0.25, 0.3) is 0 Å². The van der Waals surface area contributed by atoms with E-state index >= 15 is 0 Å². The van der Waals surface area contributed by atoms with Crippen molar-refractivity contribution in [2.75, 3.05) is 0 Å². The largest absolute Gasteiger partial charge is 0.286 e. The molecule has 8 nitrogen and oxygen atoms in total. The minimum Gasteiger partial charge on any atom is -0.286 e. The van der Waals surface area contributed by atoms with Crippen LogP contribution in [0.5, 0.6) is 0 Å². The number of halogens is 16. The zero-order valence-electron chi connectivity index (χ0n) is 28.9. The maximum atomic E-state index is 7.25. The smallest absolute Gasteiger partial charge is 0.0681 e. The average Bonchev–Trinajstić information content (AvgIpc) is 3.92. The van der Waals surface area contributed by atoms with Crippen LogP contribution in [0.2, 0.25) is 0 Å². The van der Waals surface area contributed by atoms with E-state index in [0.717, 1.165) is 0 Å². The van der Waals surface area contributed by atoms with E-state index in [-0.39, 0.29) is 64.4 Å². The predicted octanol–water partition coefficient (Wildman–Crippen LogP) is 6.08. The first kappa shape index (κ1) is 48.3. The van der Waals surface area contributed by atoms with Crippen molar-refractivity contribution in [1.82, 2.24) is 42.5 Å². The zero-order chi connectivity index (χ0) is 40.1. The Hall–Kier alpha value is 4.84. The van der Waals surface area contributed by atoms with E-state index in [1.54, 1.807) is 0 Å². The predicted molar refractivity (Wildman–Crippen MR) is 238 cm³/mol. The number of alkyl halides is 16. The van der Waals surface area contributed by atoms with Gasteiger partial charge in [-0.25, -0.2) is 0 Å². The van der Waals surface area contributed by atoms with Crippen molar-refractivity contribution >= 4 is 186 Å². The molecule has 0 amide bonds. The van der Waals surface area contributed by atoms with Gasteiger partial charge in [-0.3, -0.25) is 42.5 Å². The Kier molecular flexibility index (Phi) is 15.6. The van der Waals surface area contributed by atoms with Crippen molar-refractivity contribution in [3.05, 3.63) is 0 Å². The van der Waals surface area contributed by atoms with Gasteiger partial charge >= 0.3 is 0 Å². The van der Waals surface area contributed by atoms with Gasteiger partial charge in [0, 0.05) is 64.4 Å². The fourth-order valence-corrected chi connectivity index (χ4v) is 18.7. The minimum absolute atomic E-state index is 0. The Morgan fingerprint density at radius 3 is 0.333 bits per heavy atom. The molecular formula is C32H40Cl16FeN8. The first-order valence-electron chi connectivity index (χ1n) is 18.8. The van der Waals surface area contributed by atoms with E-state index in [0.29, 0.717) is 0 Å². The first-order chi connectivity index (χ1) is 26.4. The second-order valence-corrected chi connectivity index (χ2v) is 24.9. The molecule has 8 bridgehead atoms. The van der Waals surface area contributed by atoms with Crippen LogP contribution in [0.4, 0.5) is 0 Å². The van der Waals surface area contributed by atoms with E-state index in [1.165, 1.54) is 0 Å². The van der Waals surface area contributed by atoms with Crippen molar-refractivity contribution in [2.45, 2.75) is 135 Å². The Balaban J connectivity index is 0.00000455. The fourth-order valence-electron chi connectivity index (χ4n) is 11.8. The summed E-state index contributed by atoms with van der Waals surface area (Å²) in [5, 5.41) is 21.0. The normalized spacial score (nSPS) is 64.8. The molecule has 4 aliphatic carbocycles. The Bertz CT molecular complexity index is 1170. The molecule has 5 heterocycles. The van der Waals surface area contributed by atoms with Crippen molar-refractivity contribution in [3.8, 4) is 0 Å². The molecule has 5 saturated heterocycles. The van der Waals surface area contributed by atoms with Crippen LogP contribution in [0.15, 0.2) is 0 Å². The van der Waals surface area contributed by atoms with Gasteiger partial charge in [0.05, 0.1) is 135 Å². The summed E-state index contributed by atoms with van der Waals surface area (Å²) in [7, 11) is 0. The van der Waals surface area contributed by atoms with Gasteiger partial charge in [-0.1, -0.05) is 0 Å². The molecule has 8 N–H and O–H groups in total. The minimum atomic E-state index is -0.618. The van der Waals surface area contributed by atoms with Crippen LogP contribution in [0.1, 0.15) is 0 Å². The van der Waals surface area contributed by atoms with Crippen LogP contribution >= 0.6 is 186 Å². The molecular weight excluding hydrogens is 1120 g/mol. The molecule has 0 aromatic carbocycles. The summed E-state index contributed by atoms with van der Waals surface area (Å²) in [4.78, 5) is 0. The second-order valence-electron chi connectivity index (χ2n) is 16.9. The third-order valence-electron chi connectivity index (χ3n) is 14.3.